The SMILES string of the molecule is C=C/C(=C\C)OOc1cc(N)c(O)c(N)c1.CC. The van der Waals surface area contributed by atoms with Crippen LogP contribution in [0.3, 0.4) is 0 Å². The Labute approximate surface area is 107 Å². The van der Waals surface area contributed by atoms with Crippen LogP contribution < -0.4 is 16.4 Å². The van der Waals surface area contributed by atoms with Crippen LogP contribution in [-0.2, 0) is 4.89 Å². The molecule has 5 N–H and O–H groups in total. The average molecular weight is 252 g/mol. The molecule has 0 amide bonds. The van der Waals surface area contributed by atoms with E-state index in [1.807, 2.05) is 13.8 Å². The first kappa shape index (κ1) is 15.7. The molecule has 0 spiro atoms. The van der Waals surface area contributed by atoms with Gasteiger partial charge in [0.25, 0.3) is 0 Å². The summed E-state index contributed by atoms with van der Waals surface area (Å²) in [6.45, 7) is 9.31. The van der Waals surface area contributed by atoms with Gasteiger partial charge >= 0.3 is 0 Å². The van der Waals surface area contributed by atoms with Crippen molar-refractivity contribution in [1.82, 2.24) is 0 Å². The highest BCUT2D eigenvalue weighted by atomic mass is 17.2. The molecule has 0 bridgehead atoms. The summed E-state index contributed by atoms with van der Waals surface area (Å²) >= 11 is 0. The second-order valence-electron chi connectivity index (χ2n) is 3.01. The minimum atomic E-state index is -0.165. The quantitative estimate of drug-likeness (QED) is 0.191. The molecule has 0 aromatic heterocycles. The molecular formula is C13H20N2O3. The Morgan fingerprint density at radius 2 is 1.78 bits per heavy atom. The highest BCUT2D eigenvalue weighted by Crippen LogP contribution is 2.32. The number of phenols is 1. The molecular weight excluding hydrogens is 232 g/mol. The van der Waals surface area contributed by atoms with Crippen LogP contribution in [0, 0.1) is 0 Å². The van der Waals surface area contributed by atoms with Gasteiger partial charge in [-0.05, 0) is 19.1 Å². The number of anilines is 2. The van der Waals surface area contributed by atoms with Crippen molar-refractivity contribution >= 4 is 11.4 Å². The van der Waals surface area contributed by atoms with Gasteiger partial charge in [-0.3, -0.25) is 9.78 Å². The van der Waals surface area contributed by atoms with E-state index in [0.29, 0.717) is 11.5 Å². The number of nitrogens with two attached hydrogens (primary N) is 2. The Morgan fingerprint density at radius 1 is 1.28 bits per heavy atom. The predicted octanol–water partition coefficient (Wildman–Crippen LogP) is 2.98. The van der Waals surface area contributed by atoms with Crippen LogP contribution in [0.25, 0.3) is 0 Å². The lowest BCUT2D eigenvalue weighted by molar-refractivity contribution is -0.161. The molecule has 18 heavy (non-hydrogen) atoms. The molecule has 0 fully saturated rings. The largest absolute Gasteiger partial charge is 0.504 e. The summed E-state index contributed by atoms with van der Waals surface area (Å²) in [6, 6.07) is 2.81. The first-order chi connectivity index (χ1) is 8.58. The van der Waals surface area contributed by atoms with Crippen molar-refractivity contribution in [3.8, 4) is 11.5 Å². The smallest absolute Gasteiger partial charge is 0.183 e. The number of allylic oxidation sites excluding steroid dienone is 2. The van der Waals surface area contributed by atoms with Crippen LogP contribution in [0.15, 0.2) is 36.6 Å². The maximum Gasteiger partial charge on any atom is 0.183 e. The Kier molecular flexibility index (Phi) is 6.88. The fourth-order valence-electron chi connectivity index (χ4n) is 0.996. The van der Waals surface area contributed by atoms with Crippen LogP contribution in [0.4, 0.5) is 11.4 Å². The van der Waals surface area contributed by atoms with Gasteiger partial charge in [0.05, 0.1) is 11.4 Å². The van der Waals surface area contributed by atoms with E-state index in [-0.39, 0.29) is 17.1 Å². The van der Waals surface area contributed by atoms with E-state index in [1.165, 1.54) is 18.2 Å². The third kappa shape index (κ3) is 4.29. The number of phenolic OH excluding ortho intramolecular Hbond substituents is 1. The van der Waals surface area contributed by atoms with Crippen molar-refractivity contribution in [2.24, 2.45) is 0 Å². The van der Waals surface area contributed by atoms with Crippen LogP contribution >= 0.6 is 0 Å². The Bertz CT molecular complexity index is 405. The Balaban J connectivity index is 0.00000137. The molecule has 1 rings (SSSR count). The molecule has 0 aliphatic rings. The van der Waals surface area contributed by atoms with Crippen LogP contribution in [0.5, 0.6) is 11.5 Å². The molecule has 0 unspecified atom stereocenters. The maximum absolute atomic E-state index is 9.33. The molecule has 5 nitrogen and oxygen atoms in total. The second kappa shape index (κ2) is 7.89. The molecule has 0 aliphatic heterocycles. The zero-order valence-corrected chi connectivity index (χ0v) is 10.9. The molecule has 0 aliphatic carbocycles. The standard InChI is InChI=1S/C11H14N2O3.C2H6/c1-3-7(4-2)15-16-8-5-9(12)11(14)10(13)6-8;1-2/h3-6,14H,1,12-13H2,2H3;1-2H3/b7-4+;. The van der Waals surface area contributed by atoms with Crippen molar-refractivity contribution in [3.05, 3.63) is 36.6 Å². The lowest BCUT2D eigenvalue weighted by Crippen LogP contribution is -1.98. The predicted molar refractivity (Wildman–Crippen MR) is 73.9 cm³/mol. The van der Waals surface area contributed by atoms with E-state index in [9.17, 15) is 5.11 Å². The van der Waals surface area contributed by atoms with Gasteiger partial charge in [-0.15, -0.1) is 0 Å². The molecule has 0 atom stereocenters. The Morgan fingerprint density at radius 3 is 2.17 bits per heavy atom. The van der Waals surface area contributed by atoms with Crippen molar-refractivity contribution < 1.29 is 14.9 Å². The number of hydrogen-bond donors (Lipinski definition) is 3. The third-order valence-electron chi connectivity index (χ3n) is 1.86. The lowest BCUT2D eigenvalue weighted by atomic mass is 10.2. The maximum atomic E-state index is 9.33. The van der Waals surface area contributed by atoms with E-state index < -0.39 is 0 Å². The second-order valence-corrected chi connectivity index (χ2v) is 3.01. The van der Waals surface area contributed by atoms with Crippen molar-refractivity contribution in [2.45, 2.75) is 20.8 Å². The monoisotopic (exact) mass is 252 g/mol. The molecule has 1 aromatic rings. The molecule has 0 heterocycles. The fourth-order valence-corrected chi connectivity index (χ4v) is 0.996. The van der Waals surface area contributed by atoms with Crippen molar-refractivity contribution in [3.63, 3.8) is 0 Å². The highest BCUT2D eigenvalue weighted by Gasteiger charge is 2.06. The van der Waals surface area contributed by atoms with E-state index in [4.69, 9.17) is 21.2 Å². The number of hydrogen-bond acceptors (Lipinski definition) is 5. The van der Waals surface area contributed by atoms with Gasteiger partial charge < -0.3 is 16.6 Å². The van der Waals surface area contributed by atoms with Crippen molar-refractivity contribution in [2.75, 3.05) is 11.5 Å². The zero-order chi connectivity index (χ0) is 14.1. The third-order valence-corrected chi connectivity index (χ3v) is 1.86. The van der Waals surface area contributed by atoms with Crippen molar-refractivity contribution in [1.29, 1.82) is 0 Å². The summed E-state index contributed by atoms with van der Waals surface area (Å²) in [5.41, 5.74) is 11.2. The summed E-state index contributed by atoms with van der Waals surface area (Å²) < 4.78 is 0. The summed E-state index contributed by atoms with van der Waals surface area (Å²) in [7, 11) is 0. The van der Waals surface area contributed by atoms with E-state index in [2.05, 4.69) is 6.58 Å². The van der Waals surface area contributed by atoms with Gasteiger partial charge in [0.1, 0.15) is 0 Å². The summed E-state index contributed by atoms with van der Waals surface area (Å²) in [5, 5.41) is 9.33. The molecule has 0 saturated heterocycles. The molecule has 1 aromatic carbocycles. The van der Waals surface area contributed by atoms with E-state index in [1.54, 1.807) is 13.0 Å². The van der Waals surface area contributed by atoms with Gasteiger partial charge in [-0.1, -0.05) is 20.4 Å². The topological polar surface area (TPSA) is 90.7 Å². The van der Waals surface area contributed by atoms with Gasteiger partial charge in [0.2, 0.25) is 0 Å². The number of benzene rings is 1. The van der Waals surface area contributed by atoms with Crippen LogP contribution in [0.2, 0.25) is 0 Å². The number of rotatable bonds is 4. The molecule has 100 valence electrons. The lowest BCUT2D eigenvalue weighted by Gasteiger charge is -2.08. The van der Waals surface area contributed by atoms with Gasteiger partial charge in [-0.2, -0.15) is 0 Å². The van der Waals surface area contributed by atoms with E-state index >= 15 is 0 Å². The fraction of sp³-hybridized carbons (Fsp3) is 0.231. The van der Waals surface area contributed by atoms with E-state index in [0.717, 1.165) is 0 Å². The number of nitrogen functional groups attached to an aromatic ring is 2. The van der Waals surface area contributed by atoms with Gasteiger partial charge in [0, 0.05) is 12.1 Å². The zero-order valence-electron chi connectivity index (χ0n) is 10.9. The van der Waals surface area contributed by atoms with Crippen LogP contribution in [0.1, 0.15) is 20.8 Å². The highest BCUT2D eigenvalue weighted by molar-refractivity contribution is 5.69. The summed E-state index contributed by atoms with van der Waals surface area (Å²) in [4.78, 5) is 9.88. The summed E-state index contributed by atoms with van der Waals surface area (Å²) in [6.07, 6.45) is 3.17. The van der Waals surface area contributed by atoms with Crippen LogP contribution in [-0.4, -0.2) is 5.11 Å². The minimum absolute atomic E-state index is 0.124. The molecule has 5 heteroatoms. The van der Waals surface area contributed by atoms with Gasteiger partial charge in [0.15, 0.2) is 17.3 Å². The van der Waals surface area contributed by atoms with Gasteiger partial charge in [-0.25, -0.2) is 0 Å². The minimum Gasteiger partial charge on any atom is -0.504 e. The molecule has 0 saturated carbocycles. The first-order valence-corrected chi connectivity index (χ1v) is 5.59. The first-order valence-electron chi connectivity index (χ1n) is 5.59. The summed E-state index contributed by atoms with van der Waals surface area (Å²) in [5.74, 6) is 0.599. The average Bonchev–Trinajstić information content (AvgIpc) is 2.39. The normalized spacial score (nSPS) is 10.1. The molecule has 0 radical (unpaired) electrons. The number of aromatic hydroxyl groups is 1. The Hall–Kier alpha value is -2.30.